The van der Waals surface area contributed by atoms with E-state index in [4.69, 9.17) is 20.5 Å². The lowest BCUT2D eigenvalue weighted by atomic mass is 10.1. The third-order valence-electron chi connectivity index (χ3n) is 4.44. The number of halogens is 1. The average molecular weight is 380 g/mol. The molecular weight excluding hydrogens is 366 g/mol. The SMILES string of the molecule is O=C(Nc1ccc2oc(C3CC3)nc2c1)c1cc(-c2cccc(Cl)c2)on1. The maximum Gasteiger partial charge on any atom is 0.277 e. The molecule has 1 saturated carbocycles. The number of amides is 1. The highest BCUT2D eigenvalue weighted by molar-refractivity contribution is 6.30. The normalized spacial score (nSPS) is 13.8. The summed E-state index contributed by atoms with van der Waals surface area (Å²) in [4.78, 5) is 17.0. The Labute approximate surface area is 159 Å². The van der Waals surface area contributed by atoms with Gasteiger partial charge in [0.15, 0.2) is 22.9 Å². The maximum absolute atomic E-state index is 12.5. The van der Waals surface area contributed by atoms with E-state index in [0.29, 0.717) is 22.4 Å². The molecule has 0 radical (unpaired) electrons. The van der Waals surface area contributed by atoms with E-state index < -0.39 is 0 Å². The number of benzene rings is 2. The first-order valence-electron chi connectivity index (χ1n) is 8.60. The summed E-state index contributed by atoms with van der Waals surface area (Å²) in [6.07, 6.45) is 2.25. The molecule has 1 amide bonds. The van der Waals surface area contributed by atoms with Crippen LogP contribution >= 0.6 is 11.6 Å². The number of carbonyl (C=O) groups excluding carboxylic acids is 1. The predicted molar refractivity (Wildman–Crippen MR) is 101 cm³/mol. The van der Waals surface area contributed by atoms with Gasteiger partial charge in [0.25, 0.3) is 5.91 Å². The van der Waals surface area contributed by atoms with Crippen LogP contribution in [0.2, 0.25) is 5.02 Å². The minimum atomic E-state index is -0.364. The first-order valence-corrected chi connectivity index (χ1v) is 8.98. The highest BCUT2D eigenvalue weighted by Crippen LogP contribution is 2.40. The van der Waals surface area contributed by atoms with Crippen LogP contribution in [0, 0.1) is 0 Å². The topological polar surface area (TPSA) is 81.2 Å². The second-order valence-corrected chi connectivity index (χ2v) is 6.99. The Morgan fingerprint density at radius 1 is 1.15 bits per heavy atom. The van der Waals surface area contributed by atoms with Crippen molar-refractivity contribution in [2.75, 3.05) is 5.32 Å². The number of nitrogens with one attached hydrogen (secondary N) is 1. The summed E-state index contributed by atoms with van der Waals surface area (Å²) < 4.78 is 11.0. The number of carbonyl (C=O) groups is 1. The molecule has 1 N–H and O–H groups in total. The first kappa shape index (κ1) is 16.1. The second-order valence-electron chi connectivity index (χ2n) is 6.55. The largest absolute Gasteiger partial charge is 0.440 e. The first-order chi connectivity index (χ1) is 13.2. The Kier molecular flexibility index (Phi) is 3.72. The Morgan fingerprint density at radius 2 is 2.04 bits per heavy atom. The zero-order chi connectivity index (χ0) is 18.4. The van der Waals surface area contributed by atoms with Crippen LogP contribution in [-0.4, -0.2) is 16.0 Å². The van der Waals surface area contributed by atoms with Gasteiger partial charge in [-0.1, -0.05) is 28.9 Å². The van der Waals surface area contributed by atoms with Crippen LogP contribution in [0.25, 0.3) is 22.4 Å². The van der Waals surface area contributed by atoms with Crippen LogP contribution < -0.4 is 5.32 Å². The molecule has 0 unspecified atom stereocenters. The van der Waals surface area contributed by atoms with Crippen LogP contribution in [0.4, 0.5) is 5.69 Å². The summed E-state index contributed by atoms with van der Waals surface area (Å²) in [7, 11) is 0. The van der Waals surface area contributed by atoms with Crippen molar-refractivity contribution in [3.63, 3.8) is 0 Å². The van der Waals surface area contributed by atoms with E-state index in [1.807, 2.05) is 18.2 Å². The van der Waals surface area contributed by atoms with Crippen molar-refractivity contribution in [3.05, 3.63) is 65.1 Å². The van der Waals surface area contributed by atoms with Crippen LogP contribution in [0.1, 0.15) is 35.1 Å². The van der Waals surface area contributed by atoms with E-state index in [0.717, 1.165) is 35.4 Å². The number of rotatable bonds is 4. The lowest BCUT2D eigenvalue weighted by Gasteiger charge is -2.01. The van der Waals surface area contributed by atoms with Crippen molar-refractivity contribution in [3.8, 4) is 11.3 Å². The fourth-order valence-electron chi connectivity index (χ4n) is 2.88. The predicted octanol–water partition coefficient (Wildman–Crippen LogP) is 5.27. The van der Waals surface area contributed by atoms with Crippen LogP contribution in [0.15, 0.2) is 57.5 Å². The lowest BCUT2D eigenvalue weighted by molar-refractivity contribution is 0.101. The van der Waals surface area contributed by atoms with Gasteiger partial charge in [-0.3, -0.25) is 4.79 Å². The summed E-state index contributed by atoms with van der Waals surface area (Å²) in [5.74, 6) is 1.33. The number of oxazole rings is 1. The van der Waals surface area contributed by atoms with Crippen LogP contribution in [0.3, 0.4) is 0 Å². The highest BCUT2D eigenvalue weighted by Gasteiger charge is 2.29. The Hall–Kier alpha value is -3.12. The number of nitrogens with zero attached hydrogens (tertiary/aromatic N) is 2. The molecule has 1 aliphatic rings. The Balaban J connectivity index is 1.36. The van der Waals surface area contributed by atoms with E-state index in [2.05, 4.69) is 15.5 Å². The average Bonchev–Trinajstić information content (AvgIpc) is 3.24. The summed E-state index contributed by atoms with van der Waals surface area (Å²) in [6, 6.07) is 14.1. The van der Waals surface area contributed by atoms with Crippen LogP contribution in [-0.2, 0) is 0 Å². The molecule has 1 fully saturated rings. The molecule has 4 aromatic rings. The van der Waals surface area contributed by atoms with Gasteiger partial charge >= 0.3 is 0 Å². The summed E-state index contributed by atoms with van der Waals surface area (Å²) in [6.45, 7) is 0. The van der Waals surface area contributed by atoms with E-state index in [1.54, 1.807) is 30.3 Å². The zero-order valence-electron chi connectivity index (χ0n) is 14.1. The molecule has 2 aromatic heterocycles. The fourth-order valence-corrected chi connectivity index (χ4v) is 3.07. The molecule has 5 rings (SSSR count). The smallest absolute Gasteiger partial charge is 0.277 e. The van der Waals surface area contributed by atoms with E-state index in [1.165, 1.54) is 0 Å². The Morgan fingerprint density at radius 3 is 2.85 bits per heavy atom. The van der Waals surface area contributed by atoms with Crippen molar-refractivity contribution in [2.45, 2.75) is 18.8 Å². The number of aromatic nitrogens is 2. The molecule has 7 heteroatoms. The summed E-state index contributed by atoms with van der Waals surface area (Å²) in [5, 5.41) is 7.25. The summed E-state index contributed by atoms with van der Waals surface area (Å²) in [5.41, 5.74) is 3.01. The molecule has 0 saturated heterocycles. The van der Waals surface area contributed by atoms with Crippen molar-refractivity contribution < 1.29 is 13.7 Å². The third-order valence-corrected chi connectivity index (χ3v) is 4.68. The zero-order valence-corrected chi connectivity index (χ0v) is 14.9. The standard InChI is InChI=1S/C20H14ClN3O3/c21-13-3-1-2-12(8-13)18-10-16(24-27-18)19(25)22-14-6-7-17-15(9-14)23-20(26-17)11-4-5-11/h1-3,6-11H,4-5H2,(H,22,25). The second kappa shape index (κ2) is 6.25. The molecule has 27 heavy (non-hydrogen) atoms. The van der Waals surface area contributed by atoms with Gasteiger partial charge in [-0.15, -0.1) is 0 Å². The monoisotopic (exact) mass is 379 g/mol. The molecule has 2 aromatic carbocycles. The number of anilines is 1. The number of hydrogen-bond donors (Lipinski definition) is 1. The van der Waals surface area contributed by atoms with E-state index in [-0.39, 0.29) is 11.6 Å². The fraction of sp³-hybridized carbons (Fsp3) is 0.150. The molecule has 0 spiro atoms. The number of fused-ring (bicyclic) bond motifs is 1. The van der Waals surface area contributed by atoms with Gasteiger partial charge < -0.3 is 14.3 Å². The van der Waals surface area contributed by atoms with Crippen molar-refractivity contribution in [2.24, 2.45) is 0 Å². The highest BCUT2D eigenvalue weighted by atomic mass is 35.5. The van der Waals surface area contributed by atoms with Gasteiger partial charge in [-0.05, 0) is 43.2 Å². The quantitative estimate of drug-likeness (QED) is 0.522. The van der Waals surface area contributed by atoms with Gasteiger partial charge in [0.1, 0.15) is 5.52 Å². The summed E-state index contributed by atoms with van der Waals surface area (Å²) >= 11 is 5.99. The number of hydrogen-bond acceptors (Lipinski definition) is 5. The molecule has 6 nitrogen and oxygen atoms in total. The molecule has 1 aliphatic carbocycles. The maximum atomic E-state index is 12.5. The molecule has 0 bridgehead atoms. The van der Waals surface area contributed by atoms with Gasteiger partial charge in [0, 0.05) is 28.3 Å². The lowest BCUT2D eigenvalue weighted by Crippen LogP contribution is -2.12. The minimum absolute atomic E-state index is 0.184. The van der Waals surface area contributed by atoms with Crippen molar-refractivity contribution >= 4 is 34.3 Å². The van der Waals surface area contributed by atoms with Crippen LogP contribution in [0.5, 0.6) is 0 Å². The minimum Gasteiger partial charge on any atom is -0.440 e. The van der Waals surface area contributed by atoms with Gasteiger partial charge in [-0.2, -0.15) is 0 Å². The molecule has 134 valence electrons. The van der Waals surface area contributed by atoms with Gasteiger partial charge in [-0.25, -0.2) is 4.98 Å². The van der Waals surface area contributed by atoms with Crippen molar-refractivity contribution in [1.29, 1.82) is 0 Å². The van der Waals surface area contributed by atoms with Crippen molar-refractivity contribution in [1.82, 2.24) is 10.1 Å². The Bertz CT molecular complexity index is 1160. The van der Waals surface area contributed by atoms with E-state index >= 15 is 0 Å². The third kappa shape index (κ3) is 3.19. The molecule has 0 aliphatic heterocycles. The van der Waals surface area contributed by atoms with E-state index in [9.17, 15) is 4.79 Å². The molecule has 0 atom stereocenters. The molecule has 2 heterocycles. The van der Waals surface area contributed by atoms with Gasteiger partial charge in [0.05, 0.1) is 0 Å². The molecular formula is C20H14ClN3O3. The van der Waals surface area contributed by atoms with Gasteiger partial charge in [0.2, 0.25) is 0 Å².